The van der Waals surface area contributed by atoms with E-state index in [0.717, 1.165) is 16.6 Å². The van der Waals surface area contributed by atoms with E-state index in [9.17, 15) is 9.90 Å². The average Bonchev–Trinajstić information content (AvgIpc) is 2.81. The molecule has 0 aliphatic rings. The lowest BCUT2D eigenvalue weighted by atomic mass is 9.80. The van der Waals surface area contributed by atoms with Crippen LogP contribution in [0, 0.1) is 0 Å². The monoisotopic (exact) mass is 541 g/mol. The highest BCUT2D eigenvalue weighted by molar-refractivity contribution is 5.80. The molecular formula is C36H47NO3. The van der Waals surface area contributed by atoms with Crippen molar-refractivity contribution in [1.29, 1.82) is 0 Å². The maximum Gasteiger partial charge on any atom is 0.363 e. The van der Waals surface area contributed by atoms with E-state index in [4.69, 9.17) is 4.42 Å². The Kier molecular flexibility index (Phi) is 8.46. The van der Waals surface area contributed by atoms with Gasteiger partial charge in [0, 0.05) is 11.1 Å². The molecule has 4 rings (SSSR count). The van der Waals surface area contributed by atoms with Crippen molar-refractivity contribution in [3.8, 4) is 17.0 Å². The van der Waals surface area contributed by atoms with Crippen LogP contribution in [0.5, 0.6) is 5.75 Å². The van der Waals surface area contributed by atoms with E-state index in [1.165, 1.54) is 16.7 Å². The summed E-state index contributed by atoms with van der Waals surface area (Å²) in [6.07, 6.45) is 0. The largest absolute Gasteiger partial charge is 0.508 e. The van der Waals surface area contributed by atoms with E-state index in [0.29, 0.717) is 17.0 Å². The van der Waals surface area contributed by atoms with Crippen LogP contribution in [0.4, 0.5) is 0 Å². The Morgan fingerprint density at radius 1 is 0.625 bits per heavy atom. The van der Waals surface area contributed by atoms with Gasteiger partial charge in [-0.2, -0.15) is 0 Å². The first-order valence-electron chi connectivity index (χ1n) is 14.1. The van der Waals surface area contributed by atoms with Crippen LogP contribution >= 0.6 is 0 Å². The Labute approximate surface area is 240 Å². The normalized spacial score (nSPS) is 12.7. The fourth-order valence-corrected chi connectivity index (χ4v) is 4.36. The van der Waals surface area contributed by atoms with Crippen LogP contribution in [0.3, 0.4) is 0 Å². The minimum absolute atomic E-state index is 0.0150. The van der Waals surface area contributed by atoms with E-state index in [1.807, 2.05) is 48.5 Å². The van der Waals surface area contributed by atoms with E-state index in [-0.39, 0.29) is 21.7 Å². The van der Waals surface area contributed by atoms with E-state index in [1.54, 1.807) is 0 Å². The SMILES string of the molecule is CC(C)(C)c1cc(C(C)(C)C)c2oc(=O)c(-c3ccccc3)nc2c1.CC(C)(C)c1cc(O)cc(C(C)(C)C)c1. The molecule has 0 bridgehead atoms. The molecule has 1 heterocycles. The zero-order valence-electron chi connectivity index (χ0n) is 26.5. The first-order valence-corrected chi connectivity index (χ1v) is 14.1. The highest BCUT2D eigenvalue weighted by Crippen LogP contribution is 2.35. The topological polar surface area (TPSA) is 63.3 Å². The van der Waals surface area contributed by atoms with E-state index < -0.39 is 5.63 Å². The predicted molar refractivity (Wildman–Crippen MR) is 169 cm³/mol. The van der Waals surface area contributed by atoms with Crippen molar-refractivity contribution in [3.05, 3.63) is 93.3 Å². The third-order valence-electron chi connectivity index (χ3n) is 7.06. The lowest BCUT2D eigenvalue weighted by Gasteiger charge is -2.25. The second kappa shape index (κ2) is 10.9. The number of fused-ring (bicyclic) bond motifs is 1. The van der Waals surface area contributed by atoms with Crippen molar-refractivity contribution < 1.29 is 9.52 Å². The van der Waals surface area contributed by atoms with Gasteiger partial charge >= 0.3 is 5.63 Å². The van der Waals surface area contributed by atoms with Gasteiger partial charge < -0.3 is 9.52 Å². The van der Waals surface area contributed by atoms with Crippen LogP contribution in [0.15, 0.2) is 69.9 Å². The number of aromatic hydroxyl groups is 1. The number of benzene rings is 3. The minimum atomic E-state index is -0.396. The van der Waals surface area contributed by atoms with Crippen molar-refractivity contribution in [2.24, 2.45) is 0 Å². The Hall–Kier alpha value is -3.40. The summed E-state index contributed by atoms with van der Waals surface area (Å²) < 4.78 is 5.75. The van der Waals surface area contributed by atoms with Gasteiger partial charge in [0.05, 0.1) is 0 Å². The number of phenolic OH excluding ortho intramolecular Hbond substituents is 1. The van der Waals surface area contributed by atoms with Crippen LogP contribution in [0.1, 0.15) is 105 Å². The number of nitrogens with zero attached hydrogens (tertiary/aromatic N) is 1. The molecular weight excluding hydrogens is 494 g/mol. The van der Waals surface area contributed by atoms with Crippen LogP contribution in [-0.2, 0) is 21.7 Å². The minimum Gasteiger partial charge on any atom is -0.508 e. The molecule has 0 atom stereocenters. The second-order valence-corrected chi connectivity index (χ2v) is 14.9. The standard InChI is InChI=1S/C22H25NO2.C14H22O/c1-21(2,3)15-12-16(22(4,5)6)19-17(13-15)23-18(20(24)25-19)14-10-8-7-9-11-14;1-13(2,3)10-7-11(14(4,5)6)9-12(15)8-10/h7-13H,1-6H3;7-9,15H,1-6H3. The number of hydrogen-bond acceptors (Lipinski definition) is 4. The molecule has 0 saturated carbocycles. The summed E-state index contributed by atoms with van der Waals surface area (Å²) in [5.41, 5.74) is 6.63. The quantitative estimate of drug-likeness (QED) is 0.261. The van der Waals surface area contributed by atoms with Crippen molar-refractivity contribution in [1.82, 2.24) is 4.98 Å². The molecule has 4 aromatic rings. The predicted octanol–water partition coefficient (Wildman–Crippen LogP) is 9.44. The molecule has 0 aliphatic carbocycles. The van der Waals surface area contributed by atoms with Crippen LogP contribution in [-0.4, -0.2) is 10.1 Å². The van der Waals surface area contributed by atoms with Gasteiger partial charge in [0.1, 0.15) is 11.3 Å². The average molecular weight is 542 g/mol. The van der Waals surface area contributed by atoms with Gasteiger partial charge in [-0.15, -0.1) is 0 Å². The maximum absolute atomic E-state index is 12.6. The third-order valence-corrected chi connectivity index (χ3v) is 7.06. The fraction of sp³-hybridized carbons (Fsp3) is 0.444. The third kappa shape index (κ3) is 7.41. The van der Waals surface area contributed by atoms with E-state index in [2.05, 4.69) is 100 Å². The van der Waals surface area contributed by atoms with Gasteiger partial charge in [0.2, 0.25) is 0 Å². The van der Waals surface area contributed by atoms with Gasteiger partial charge in [-0.05, 0) is 56.5 Å². The molecule has 0 spiro atoms. The van der Waals surface area contributed by atoms with Crippen molar-refractivity contribution in [2.45, 2.75) is 105 Å². The summed E-state index contributed by atoms with van der Waals surface area (Å²) in [6.45, 7) is 25.9. The summed E-state index contributed by atoms with van der Waals surface area (Å²) in [4.78, 5) is 17.3. The highest BCUT2D eigenvalue weighted by Gasteiger charge is 2.25. The number of hydrogen-bond donors (Lipinski definition) is 1. The van der Waals surface area contributed by atoms with Gasteiger partial charge in [-0.25, -0.2) is 9.78 Å². The smallest absolute Gasteiger partial charge is 0.363 e. The van der Waals surface area contributed by atoms with Gasteiger partial charge in [0.25, 0.3) is 0 Å². The second-order valence-electron chi connectivity index (χ2n) is 14.9. The first kappa shape index (κ1) is 31.1. The number of aromatic nitrogens is 1. The molecule has 0 radical (unpaired) electrons. The van der Waals surface area contributed by atoms with Crippen LogP contribution in [0.25, 0.3) is 22.4 Å². The zero-order chi connectivity index (χ0) is 30.3. The Morgan fingerprint density at radius 2 is 1.10 bits per heavy atom. The summed E-state index contributed by atoms with van der Waals surface area (Å²) in [5, 5.41) is 9.72. The van der Waals surface area contributed by atoms with Gasteiger partial charge in [-0.1, -0.05) is 126 Å². The van der Waals surface area contributed by atoms with E-state index >= 15 is 0 Å². The van der Waals surface area contributed by atoms with Crippen molar-refractivity contribution >= 4 is 11.1 Å². The number of phenols is 1. The van der Waals surface area contributed by atoms with Gasteiger partial charge in [0.15, 0.2) is 11.3 Å². The summed E-state index contributed by atoms with van der Waals surface area (Å²) in [7, 11) is 0. The van der Waals surface area contributed by atoms with Crippen molar-refractivity contribution in [2.75, 3.05) is 0 Å². The maximum atomic E-state index is 12.6. The van der Waals surface area contributed by atoms with Gasteiger partial charge in [-0.3, -0.25) is 0 Å². The zero-order valence-corrected chi connectivity index (χ0v) is 26.5. The molecule has 1 N–H and O–H groups in total. The fourth-order valence-electron chi connectivity index (χ4n) is 4.36. The summed E-state index contributed by atoms with van der Waals surface area (Å²) >= 11 is 0. The van der Waals surface area contributed by atoms with Crippen LogP contribution in [0.2, 0.25) is 0 Å². The molecule has 4 nitrogen and oxygen atoms in total. The molecule has 0 saturated heterocycles. The number of rotatable bonds is 1. The molecule has 1 aromatic heterocycles. The summed E-state index contributed by atoms with van der Waals surface area (Å²) in [6, 6.07) is 19.6. The molecule has 0 aliphatic heterocycles. The van der Waals surface area contributed by atoms with Crippen LogP contribution < -0.4 is 5.63 Å². The highest BCUT2D eigenvalue weighted by atomic mass is 16.4. The summed E-state index contributed by atoms with van der Waals surface area (Å²) in [5.74, 6) is 0.368. The molecule has 0 amide bonds. The molecule has 214 valence electrons. The lowest BCUT2D eigenvalue weighted by Crippen LogP contribution is -2.18. The first-order chi connectivity index (χ1) is 18.2. The Morgan fingerprint density at radius 3 is 1.55 bits per heavy atom. The Balaban J connectivity index is 0.000000252. The molecule has 0 fully saturated rings. The molecule has 4 heteroatoms. The lowest BCUT2D eigenvalue weighted by molar-refractivity contribution is 0.466. The molecule has 40 heavy (non-hydrogen) atoms. The molecule has 3 aromatic carbocycles. The molecule has 0 unspecified atom stereocenters. The van der Waals surface area contributed by atoms with Crippen molar-refractivity contribution in [3.63, 3.8) is 0 Å². The Bertz CT molecular complexity index is 1500.